The van der Waals surface area contributed by atoms with Crippen molar-refractivity contribution in [3.63, 3.8) is 0 Å². The summed E-state index contributed by atoms with van der Waals surface area (Å²) < 4.78 is 16.8. The molecule has 1 saturated heterocycles. The Balaban J connectivity index is 1.78. The zero-order chi connectivity index (χ0) is 24.7. The maximum absolute atomic E-state index is 12.8. The normalized spacial score (nSPS) is 28.4. The van der Waals surface area contributed by atoms with Crippen molar-refractivity contribution in [2.24, 2.45) is 5.41 Å². The van der Waals surface area contributed by atoms with Crippen molar-refractivity contribution in [1.29, 1.82) is 0 Å². The number of amides is 1. The molecule has 0 spiro atoms. The Morgan fingerprint density at radius 2 is 1.79 bits per heavy atom. The summed E-state index contributed by atoms with van der Waals surface area (Å²) in [6, 6.07) is 10.1. The highest BCUT2D eigenvalue weighted by molar-refractivity contribution is 6.00. The van der Waals surface area contributed by atoms with E-state index >= 15 is 0 Å². The molecule has 0 aromatic heterocycles. The molecule has 1 amide bonds. The number of nitrogens with one attached hydrogen (secondary N) is 1. The van der Waals surface area contributed by atoms with Crippen LogP contribution in [0, 0.1) is 5.41 Å². The highest BCUT2D eigenvalue weighted by Crippen LogP contribution is 2.48. The first-order chi connectivity index (χ1) is 16.0. The number of hydrogen-bond acceptors (Lipinski definition) is 6. The van der Waals surface area contributed by atoms with Crippen molar-refractivity contribution in [2.45, 2.75) is 50.9 Å². The number of hydrogen-bond donors (Lipinski definition) is 3. The van der Waals surface area contributed by atoms with Gasteiger partial charge in [0.05, 0.1) is 30.6 Å². The molecule has 2 aliphatic rings. The zero-order valence-electron chi connectivity index (χ0n) is 20.3. The zero-order valence-corrected chi connectivity index (χ0v) is 20.3. The van der Waals surface area contributed by atoms with Crippen LogP contribution in [0.3, 0.4) is 0 Å². The number of aromatic hydroxyl groups is 1. The SMILES string of the molecule is COc1ccc([C@@]2(O)c3c(ccc(/C=C/[C@@]4(C)CCC(C)(C)CO4)c3O)NC(=O)[C@@H]2OC)cc1. The van der Waals surface area contributed by atoms with Crippen LogP contribution in [0.1, 0.15) is 50.3 Å². The lowest BCUT2D eigenvalue weighted by molar-refractivity contribution is -0.142. The van der Waals surface area contributed by atoms with E-state index in [1.807, 2.05) is 13.0 Å². The lowest BCUT2D eigenvalue weighted by Crippen LogP contribution is -2.52. The van der Waals surface area contributed by atoms with Crippen LogP contribution in [0.2, 0.25) is 0 Å². The summed E-state index contributed by atoms with van der Waals surface area (Å²) in [6.07, 6.45) is 4.38. The van der Waals surface area contributed by atoms with E-state index in [2.05, 4.69) is 19.2 Å². The summed E-state index contributed by atoms with van der Waals surface area (Å²) in [4.78, 5) is 12.8. The fraction of sp³-hybridized carbons (Fsp3) is 0.444. The van der Waals surface area contributed by atoms with Gasteiger partial charge in [-0.1, -0.05) is 38.1 Å². The molecule has 2 aliphatic heterocycles. The van der Waals surface area contributed by atoms with Crippen LogP contribution < -0.4 is 10.1 Å². The number of anilines is 1. The van der Waals surface area contributed by atoms with Gasteiger partial charge >= 0.3 is 0 Å². The molecule has 7 nitrogen and oxygen atoms in total. The van der Waals surface area contributed by atoms with E-state index in [4.69, 9.17) is 14.2 Å². The third-order valence-electron chi connectivity index (χ3n) is 6.94. The van der Waals surface area contributed by atoms with Gasteiger partial charge in [-0.3, -0.25) is 4.79 Å². The van der Waals surface area contributed by atoms with E-state index in [1.165, 1.54) is 7.11 Å². The summed E-state index contributed by atoms with van der Waals surface area (Å²) in [6.45, 7) is 7.06. The average molecular weight is 468 g/mol. The van der Waals surface area contributed by atoms with Crippen LogP contribution in [0.25, 0.3) is 6.08 Å². The molecular weight excluding hydrogens is 434 g/mol. The fourth-order valence-electron chi connectivity index (χ4n) is 4.66. The molecule has 0 unspecified atom stereocenters. The van der Waals surface area contributed by atoms with Gasteiger partial charge < -0.3 is 29.7 Å². The van der Waals surface area contributed by atoms with Crippen molar-refractivity contribution in [2.75, 3.05) is 26.1 Å². The van der Waals surface area contributed by atoms with Crippen LogP contribution in [-0.4, -0.2) is 48.7 Å². The molecule has 0 bridgehead atoms. The molecule has 7 heteroatoms. The highest BCUT2D eigenvalue weighted by Gasteiger charge is 2.51. The topological polar surface area (TPSA) is 97.3 Å². The van der Waals surface area contributed by atoms with Crippen molar-refractivity contribution >= 4 is 17.7 Å². The summed E-state index contributed by atoms with van der Waals surface area (Å²) >= 11 is 0. The first-order valence-corrected chi connectivity index (χ1v) is 11.4. The quantitative estimate of drug-likeness (QED) is 0.610. The second kappa shape index (κ2) is 8.73. The summed E-state index contributed by atoms with van der Waals surface area (Å²) in [7, 11) is 2.90. The Hall–Kier alpha value is -2.87. The van der Waals surface area contributed by atoms with Crippen LogP contribution >= 0.6 is 0 Å². The molecular formula is C27H33NO6. The van der Waals surface area contributed by atoms with Gasteiger partial charge in [0.2, 0.25) is 0 Å². The van der Waals surface area contributed by atoms with E-state index in [0.29, 0.717) is 29.2 Å². The van der Waals surface area contributed by atoms with Crippen molar-refractivity contribution in [3.05, 3.63) is 59.2 Å². The second-order valence-corrected chi connectivity index (χ2v) is 10.1. The Bertz CT molecular complexity index is 1100. The van der Waals surface area contributed by atoms with E-state index in [-0.39, 0.29) is 16.7 Å². The minimum absolute atomic E-state index is 0.131. The third kappa shape index (κ3) is 4.19. The van der Waals surface area contributed by atoms with Crippen molar-refractivity contribution in [1.82, 2.24) is 0 Å². The monoisotopic (exact) mass is 467 g/mol. The molecule has 1 fully saturated rings. The Morgan fingerprint density at radius 3 is 2.38 bits per heavy atom. The third-order valence-corrected chi connectivity index (χ3v) is 6.94. The molecule has 2 aromatic carbocycles. The van der Waals surface area contributed by atoms with Gasteiger partial charge in [0, 0.05) is 12.7 Å². The van der Waals surface area contributed by atoms with E-state index in [0.717, 1.165) is 12.8 Å². The van der Waals surface area contributed by atoms with Crippen LogP contribution in [0.15, 0.2) is 42.5 Å². The molecule has 34 heavy (non-hydrogen) atoms. The fourth-order valence-corrected chi connectivity index (χ4v) is 4.66. The van der Waals surface area contributed by atoms with Gasteiger partial charge in [-0.2, -0.15) is 0 Å². The Morgan fingerprint density at radius 1 is 1.09 bits per heavy atom. The molecule has 2 aromatic rings. The molecule has 4 rings (SSSR count). The largest absolute Gasteiger partial charge is 0.507 e. The minimum Gasteiger partial charge on any atom is -0.507 e. The Labute approximate surface area is 200 Å². The van der Waals surface area contributed by atoms with Gasteiger partial charge in [0.1, 0.15) is 11.5 Å². The first-order valence-electron chi connectivity index (χ1n) is 11.4. The highest BCUT2D eigenvalue weighted by atomic mass is 16.5. The maximum atomic E-state index is 12.8. The summed E-state index contributed by atoms with van der Waals surface area (Å²) in [5.74, 6) is -0.0257. The van der Waals surface area contributed by atoms with Gasteiger partial charge in [-0.05, 0) is 55.0 Å². The van der Waals surface area contributed by atoms with Gasteiger partial charge in [0.15, 0.2) is 11.7 Å². The lowest BCUT2D eigenvalue weighted by Gasteiger charge is -2.41. The minimum atomic E-state index is -1.91. The number of carbonyl (C=O) groups excluding carboxylic acids is 1. The molecule has 182 valence electrons. The number of fused-ring (bicyclic) bond motifs is 1. The number of aliphatic hydroxyl groups is 1. The smallest absolute Gasteiger partial charge is 0.257 e. The van der Waals surface area contributed by atoms with Crippen LogP contribution in [0.4, 0.5) is 5.69 Å². The molecule has 0 radical (unpaired) electrons. The average Bonchev–Trinajstić information content (AvgIpc) is 2.81. The second-order valence-electron chi connectivity index (χ2n) is 10.1. The predicted octanol–water partition coefficient (Wildman–Crippen LogP) is 4.21. The number of ether oxygens (including phenoxy) is 3. The van der Waals surface area contributed by atoms with Gasteiger partial charge in [-0.25, -0.2) is 0 Å². The van der Waals surface area contributed by atoms with Gasteiger partial charge in [-0.15, -0.1) is 0 Å². The van der Waals surface area contributed by atoms with E-state index < -0.39 is 23.2 Å². The number of phenolic OH excluding ortho intramolecular Hbond substituents is 1. The number of carbonyl (C=O) groups is 1. The number of phenols is 1. The standard InChI is InChI=1S/C27H33NO6/c1-25(2)14-15-26(3,34-16-25)13-12-17-6-11-20-21(22(17)29)27(31,23(33-5)24(30)28-20)18-7-9-19(32-4)10-8-18/h6-13,23,29,31H,14-16H2,1-5H3,(H,28,30)/b13-12+/t23-,26-,27+/m0/s1. The number of rotatable bonds is 5. The first kappa shape index (κ1) is 24.3. The maximum Gasteiger partial charge on any atom is 0.257 e. The Kier molecular flexibility index (Phi) is 6.23. The molecule has 3 atom stereocenters. The van der Waals surface area contributed by atoms with Crippen molar-refractivity contribution < 1.29 is 29.2 Å². The predicted molar refractivity (Wildman–Crippen MR) is 130 cm³/mol. The number of benzene rings is 2. The van der Waals surface area contributed by atoms with Crippen LogP contribution in [-0.2, 0) is 19.9 Å². The number of methoxy groups -OCH3 is 2. The van der Waals surface area contributed by atoms with E-state index in [1.54, 1.807) is 49.6 Å². The molecule has 0 aliphatic carbocycles. The van der Waals surface area contributed by atoms with E-state index in [9.17, 15) is 15.0 Å². The lowest BCUT2D eigenvalue weighted by atomic mass is 9.76. The summed E-state index contributed by atoms with van der Waals surface area (Å²) in [5.41, 5.74) is -0.808. The van der Waals surface area contributed by atoms with Gasteiger partial charge in [0.25, 0.3) is 5.91 Å². The van der Waals surface area contributed by atoms with Crippen LogP contribution in [0.5, 0.6) is 11.5 Å². The molecule has 2 heterocycles. The molecule has 3 N–H and O–H groups in total. The van der Waals surface area contributed by atoms with Crippen molar-refractivity contribution in [3.8, 4) is 11.5 Å². The molecule has 0 saturated carbocycles. The summed E-state index contributed by atoms with van der Waals surface area (Å²) in [5, 5.41) is 26.1.